The van der Waals surface area contributed by atoms with Gasteiger partial charge in [0.15, 0.2) is 16.6 Å². The van der Waals surface area contributed by atoms with Crippen molar-refractivity contribution in [3.63, 3.8) is 0 Å². The second kappa shape index (κ2) is 8.24. The van der Waals surface area contributed by atoms with Crippen LogP contribution in [0.2, 0.25) is 0 Å². The highest BCUT2D eigenvalue weighted by atomic mass is 32.2. The lowest BCUT2D eigenvalue weighted by atomic mass is 10.1. The smallest absolute Gasteiger partial charge is 0.231 e. The zero-order chi connectivity index (χ0) is 19.5. The van der Waals surface area contributed by atoms with Crippen LogP contribution in [0.15, 0.2) is 52.7 Å². The minimum atomic E-state index is -0.0733. The van der Waals surface area contributed by atoms with E-state index in [1.54, 1.807) is 0 Å². The molecule has 1 aliphatic heterocycles. The number of rotatable bonds is 6. The summed E-state index contributed by atoms with van der Waals surface area (Å²) in [6.07, 6.45) is 0.325. The predicted molar refractivity (Wildman–Crippen MR) is 113 cm³/mol. The maximum Gasteiger partial charge on any atom is 0.231 e. The predicted octanol–water partition coefficient (Wildman–Crippen LogP) is 5.22. The van der Waals surface area contributed by atoms with Crippen LogP contribution in [0.1, 0.15) is 19.4 Å². The van der Waals surface area contributed by atoms with E-state index in [0.29, 0.717) is 16.8 Å². The van der Waals surface area contributed by atoms with Crippen molar-refractivity contribution in [1.29, 1.82) is 0 Å². The van der Waals surface area contributed by atoms with Gasteiger partial charge in [-0.25, -0.2) is 4.98 Å². The lowest BCUT2D eigenvalue weighted by Crippen LogP contribution is -2.14. The lowest BCUT2D eigenvalue weighted by Gasteiger charge is -2.06. The first kappa shape index (κ1) is 18.8. The van der Waals surface area contributed by atoms with Gasteiger partial charge in [-0.2, -0.15) is 0 Å². The second-order valence-electron chi connectivity index (χ2n) is 6.64. The maximum atomic E-state index is 12.4. The Hall–Kier alpha value is -2.51. The van der Waals surface area contributed by atoms with E-state index in [4.69, 9.17) is 9.47 Å². The number of thiazole rings is 1. The number of nitrogens with one attached hydrogen (secondary N) is 1. The topological polar surface area (TPSA) is 60.5 Å². The molecule has 0 fully saturated rings. The number of carbonyl (C=O) groups is 1. The van der Waals surface area contributed by atoms with E-state index in [1.165, 1.54) is 16.2 Å². The van der Waals surface area contributed by atoms with Crippen molar-refractivity contribution in [1.82, 2.24) is 4.98 Å². The van der Waals surface area contributed by atoms with Crippen LogP contribution in [-0.4, -0.2) is 22.9 Å². The van der Waals surface area contributed by atoms with Crippen molar-refractivity contribution in [3.8, 4) is 22.8 Å². The van der Waals surface area contributed by atoms with Gasteiger partial charge in [-0.05, 0) is 35.9 Å². The molecule has 1 aromatic heterocycles. The molecule has 28 heavy (non-hydrogen) atoms. The van der Waals surface area contributed by atoms with Crippen LogP contribution in [0.3, 0.4) is 0 Å². The van der Waals surface area contributed by atoms with Crippen LogP contribution in [-0.2, 0) is 11.2 Å². The number of nitrogens with zero attached hydrogens (tertiary/aromatic N) is 1. The van der Waals surface area contributed by atoms with Crippen LogP contribution in [0, 0.1) is 0 Å². The fourth-order valence-electron chi connectivity index (χ4n) is 2.83. The summed E-state index contributed by atoms with van der Waals surface area (Å²) >= 11 is 3.22. The standard InChI is InChI=1S/C21H20N2O3S2/c1-13(2)28-16-6-3-14(4-7-16)9-20(24)23-21-22-17(11-27-21)15-5-8-18-19(10-15)26-12-25-18/h3-8,10-11,13H,9,12H2,1-2H3,(H,22,23,24). The van der Waals surface area contributed by atoms with Crippen molar-refractivity contribution in [2.75, 3.05) is 12.1 Å². The largest absolute Gasteiger partial charge is 0.454 e. The molecule has 3 aromatic rings. The van der Waals surface area contributed by atoms with Crippen molar-refractivity contribution >= 4 is 34.1 Å². The molecular weight excluding hydrogens is 392 g/mol. The SMILES string of the molecule is CC(C)Sc1ccc(CC(=O)Nc2nc(-c3ccc4c(c3)OCO4)cs2)cc1. The molecule has 144 valence electrons. The maximum absolute atomic E-state index is 12.4. The summed E-state index contributed by atoms with van der Waals surface area (Å²) in [5, 5.41) is 5.94. The van der Waals surface area contributed by atoms with Crippen molar-refractivity contribution in [3.05, 3.63) is 53.4 Å². The van der Waals surface area contributed by atoms with E-state index in [0.717, 1.165) is 28.3 Å². The average molecular weight is 413 g/mol. The number of anilines is 1. The highest BCUT2D eigenvalue weighted by Crippen LogP contribution is 2.36. The molecule has 0 spiro atoms. The third-order valence-electron chi connectivity index (χ3n) is 4.08. The molecule has 0 aliphatic carbocycles. The van der Waals surface area contributed by atoms with Gasteiger partial charge >= 0.3 is 0 Å². The molecule has 5 nitrogen and oxygen atoms in total. The van der Waals surface area contributed by atoms with Gasteiger partial charge in [-0.1, -0.05) is 26.0 Å². The number of carbonyl (C=O) groups excluding carboxylic acids is 1. The summed E-state index contributed by atoms with van der Waals surface area (Å²) < 4.78 is 10.7. The third-order valence-corrected chi connectivity index (χ3v) is 5.85. The Morgan fingerprint density at radius 1 is 1.18 bits per heavy atom. The van der Waals surface area contributed by atoms with Gasteiger partial charge in [0, 0.05) is 21.1 Å². The normalized spacial score (nSPS) is 12.4. The van der Waals surface area contributed by atoms with Gasteiger partial charge in [-0.3, -0.25) is 4.79 Å². The monoisotopic (exact) mass is 412 g/mol. The Labute approximate surface area is 172 Å². The van der Waals surface area contributed by atoms with E-state index in [1.807, 2.05) is 47.5 Å². The van der Waals surface area contributed by atoms with E-state index in [2.05, 4.69) is 36.3 Å². The number of fused-ring (bicyclic) bond motifs is 1. The number of ether oxygens (including phenoxy) is 2. The van der Waals surface area contributed by atoms with Crippen LogP contribution in [0.5, 0.6) is 11.5 Å². The summed E-state index contributed by atoms with van der Waals surface area (Å²) in [5.41, 5.74) is 2.71. The highest BCUT2D eigenvalue weighted by molar-refractivity contribution is 7.99. The molecule has 1 aliphatic rings. The fourth-order valence-corrected chi connectivity index (χ4v) is 4.40. The van der Waals surface area contributed by atoms with Crippen LogP contribution >= 0.6 is 23.1 Å². The quantitative estimate of drug-likeness (QED) is 0.563. The van der Waals surface area contributed by atoms with Gasteiger partial charge in [0.1, 0.15) is 0 Å². The third kappa shape index (κ3) is 4.48. The minimum Gasteiger partial charge on any atom is -0.454 e. The Bertz CT molecular complexity index is 984. The Balaban J connectivity index is 1.37. The van der Waals surface area contributed by atoms with Crippen molar-refractivity contribution in [2.24, 2.45) is 0 Å². The highest BCUT2D eigenvalue weighted by Gasteiger charge is 2.15. The molecule has 1 N–H and O–H groups in total. The van der Waals surface area contributed by atoms with E-state index in [9.17, 15) is 4.79 Å². The number of hydrogen-bond donors (Lipinski definition) is 1. The number of hydrogen-bond acceptors (Lipinski definition) is 6. The first-order chi connectivity index (χ1) is 13.6. The number of benzene rings is 2. The van der Waals surface area contributed by atoms with Crippen molar-refractivity contribution in [2.45, 2.75) is 30.4 Å². The summed E-state index contributed by atoms with van der Waals surface area (Å²) in [7, 11) is 0. The van der Waals surface area contributed by atoms with Gasteiger partial charge in [0.25, 0.3) is 0 Å². The molecule has 2 heterocycles. The Morgan fingerprint density at radius 3 is 2.75 bits per heavy atom. The van der Waals surface area contributed by atoms with E-state index in [-0.39, 0.29) is 12.7 Å². The van der Waals surface area contributed by atoms with Crippen LogP contribution in [0.25, 0.3) is 11.3 Å². The number of aromatic nitrogens is 1. The van der Waals surface area contributed by atoms with Crippen LogP contribution < -0.4 is 14.8 Å². The molecule has 0 atom stereocenters. The molecule has 0 saturated heterocycles. The zero-order valence-electron chi connectivity index (χ0n) is 15.6. The fraction of sp³-hybridized carbons (Fsp3) is 0.238. The molecule has 0 saturated carbocycles. The Morgan fingerprint density at radius 2 is 1.96 bits per heavy atom. The number of amides is 1. The lowest BCUT2D eigenvalue weighted by molar-refractivity contribution is -0.115. The molecule has 0 bridgehead atoms. The first-order valence-electron chi connectivity index (χ1n) is 8.98. The minimum absolute atomic E-state index is 0.0733. The number of thioether (sulfide) groups is 1. The summed E-state index contributed by atoms with van der Waals surface area (Å²) in [5.74, 6) is 1.39. The summed E-state index contributed by atoms with van der Waals surface area (Å²) in [6.45, 7) is 4.57. The summed E-state index contributed by atoms with van der Waals surface area (Å²) in [6, 6.07) is 13.8. The molecule has 0 radical (unpaired) electrons. The summed E-state index contributed by atoms with van der Waals surface area (Å²) in [4.78, 5) is 18.1. The van der Waals surface area contributed by atoms with Crippen molar-refractivity contribution < 1.29 is 14.3 Å². The van der Waals surface area contributed by atoms with Gasteiger partial charge in [0.2, 0.25) is 12.7 Å². The second-order valence-corrected chi connectivity index (χ2v) is 9.15. The first-order valence-corrected chi connectivity index (χ1v) is 10.7. The Kier molecular flexibility index (Phi) is 5.54. The average Bonchev–Trinajstić information content (AvgIpc) is 3.31. The van der Waals surface area contributed by atoms with E-state index >= 15 is 0 Å². The molecular formula is C21H20N2O3S2. The molecule has 1 amide bonds. The van der Waals surface area contributed by atoms with Gasteiger partial charge in [0.05, 0.1) is 12.1 Å². The molecule has 0 unspecified atom stereocenters. The molecule has 7 heteroatoms. The van der Waals surface area contributed by atoms with Gasteiger partial charge in [-0.15, -0.1) is 23.1 Å². The zero-order valence-corrected chi connectivity index (χ0v) is 17.2. The molecule has 4 rings (SSSR count). The molecule has 2 aromatic carbocycles. The van der Waals surface area contributed by atoms with E-state index < -0.39 is 0 Å². The van der Waals surface area contributed by atoms with Gasteiger partial charge < -0.3 is 14.8 Å². The van der Waals surface area contributed by atoms with Crippen LogP contribution in [0.4, 0.5) is 5.13 Å².